The fraction of sp³-hybridized carbons (Fsp3) is 0.250. The molecule has 0 radical (unpaired) electrons. The lowest BCUT2D eigenvalue weighted by Gasteiger charge is -2.38. The van der Waals surface area contributed by atoms with E-state index in [-0.39, 0.29) is 36.5 Å². The number of rotatable bonds is 6. The molecule has 1 amide bonds. The van der Waals surface area contributed by atoms with E-state index in [4.69, 9.17) is 9.47 Å². The van der Waals surface area contributed by atoms with Gasteiger partial charge in [0.15, 0.2) is 17.3 Å². The minimum absolute atomic E-state index is 0.0537. The van der Waals surface area contributed by atoms with E-state index in [0.717, 1.165) is 11.3 Å². The number of aromatic nitrogens is 1. The summed E-state index contributed by atoms with van der Waals surface area (Å²) in [7, 11) is 1.53. The van der Waals surface area contributed by atoms with E-state index in [1.165, 1.54) is 13.2 Å². The highest BCUT2D eigenvalue weighted by molar-refractivity contribution is 6.07. The lowest BCUT2D eigenvalue weighted by Crippen LogP contribution is -2.40. The zero-order chi connectivity index (χ0) is 24.4. The molecular formula is C28H25FN2O4. The SMILES string of the molecule is COc1cc(C2CC(=O)N(c3cccnc3)C3=C2C(=O)CCC3)ccc1OCc1ccccc1F. The normalized spacial score (nSPS) is 17.9. The zero-order valence-corrected chi connectivity index (χ0v) is 19.4. The molecule has 0 N–H and O–H groups in total. The molecule has 1 aromatic heterocycles. The quantitative estimate of drug-likeness (QED) is 0.485. The van der Waals surface area contributed by atoms with Crippen LogP contribution in [0.15, 0.2) is 78.3 Å². The smallest absolute Gasteiger partial charge is 0.232 e. The summed E-state index contributed by atoms with van der Waals surface area (Å²) in [4.78, 5) is 32.2. The molecule has 1 aliphatic heterocycles. The number of carbonyl (C=O) groups is 2. The Morgan fingerprint density at radius 1 is 1.06 bits per heavy atom. The molecule has 0 fully saturated rings. The third kappa shape index (κ3) is 4.41. The first-order valence-electron chi connectivity index (χ1n) is 11.6. The minimum atomic E-state index is -0.368. The third-order valence-electron chi connectivity index (χ3n) is 6.51. The highest BCUT2D eigenvalue weighted by Crippen LogP contribution is 2.44. The van der Waals surface area contributed by atoms with Crippen LogP contribution < -0.4 is 14.4 Å². The molecule has 35 heavy (non-hydrogen) atoms. The van der Waals surface area contributed by atoms with Gasteiger partial charge in [0.1, 0.15) is 12.4 Å². The second-order valence-electron chi connectivity index (χ2n) is 8.62. The van der Waals surface area contributed by atoms with Gasteiger partial charge >= 0.3 is 0 Å². The van der Waals surface area contributed by atoms with E-state index >= 15 is 0 Å². The van der Waals surface area contributed by atoms with E-state index in [0.29, 0.717) is 47.6 Å². The maximum Gasteiger partial charge on any atom is 0.232 e. The summed E-state index contributed by atoms with van der Waals surface area (Å²) in [5.41, 5.74) is 3.36. The number of hydrogen-bond acceptors (Lipinski definition) is 5. The largest absolute Gasteiger partial charge is 0.493 e. The number of allylic oxidation sites excluding steroid dienone is 2. The summed E-state index contributed by atoms with van der Waals surface area (Å²) in [5, 5.41) is 0. The Kier molecular flexibility index (Phi) is 6.31. The van der Waals surface area contributed by atoms with Crippen molar-refractivity contribution >= 4 is 17.4 Å². The maximum absolute atomic E-state index is 14.0. The van der Waals surface area contributed by atoms with Crippen molar-refractivity contribution < 1.29 is 23.5 Å². The van der Waals surface area contributed by atoms with Crippen molar-refractivity contribution in [3.05, 3.63) is 95.2 Å². The predicted molar refractivity (Wildman–Crippen MR) is 129 cm³/mol. The number of anilines is 1. The molecule has 2 heterocycles. The van der Waals surface area contributed by atoms with Crippen LogP contribution in [0.5, 0.6) is 11.5 Å². The molecule has 2 aromatic carbocycles. The topological polar surface area (TPSA) is 68.7 Å². The van der Waals surface area contributed by atoms with Crippen LogP contribution in [0.2, 0.25) is 0 Å². The van der Waals surface area contributed by atoms with Crippen LogP contribution in [0.1, 0.15) is 42.7 Å². The van der Waals surface area contributed by atoms with Crippen molar-refractivity contribution in [2.45, 2.75) is 38.2 Å². The van der Waals surface area contributed by atoms with Crippen molar-refractivity contribution in [1.29, 1.82) is 0 Å². The summed E-state index contributed by atoms with van der Waals surface area (Å²) < 4.78 is 25.4. The Labute approximate surface area is 203 Å². The maximum atomic E-state index is 14.0. The van der Waals surface area contributed by atoms with E-state index in [1.807, 2.05) is 12.1 Å². The second kappa shape index (κ2) is 9.70. The van der Waals surface area contributed by atoms with Gasteiger partial charge in [-0.25, -0.2) is 4.39 Å². The second-order valence-corrected chi connectivity index (χ2v) is 8.62. The van der Waals surface area contributed by atoms with Gasteiger partial charge in [-0.15, -0.1) is 0 Å². The van der Waals surface area contributed by atoms with Crippen molar-refractivity contribution in [3.63, 3.8) is 0 Å². The fourth-order valence-corrected chi connectivity index (χ4v) is 4.85. The van der Waals surface area contributed by atoms with Gasteiger partial charge in [0, 0.05) is 41.8 Å². The van der Waals surface area contributed by atoms with Gasteiger partial charge in [-0.1, -0.05) is 24.3 Å². The Balaban J connectivity index is 1.48. The zero-order valence-electron chi connectivity index (χ0n) is 19.4. The molecule has 0 saturated carbocycles. The number of ether oxygens (including phenoxy) is 2. The molecule has 1 aliphatic carbocycles. The van der Waals surface area contributed by atoms with Gasteiger partial charge in [0.25, 0.3) is 0 Å². The van der Waals surface area contributed by atoms with E-state index in [1.54, 1.807) is 53.7 Å². The Bertz CT molecular complexity index is 1310. The minimum Gasteiger partial charge on any atom is -0.493 e. The molecular weight excluding hydrogens is 447 g/mol. The van der Waals surface area contributed by atoms with Crippen LogP contribution in [0.3, 0.4) is 0 Å². The Morgan fingerprint density at radius 2 is 1.91 bits per heavy atom. The van der Waals surface area contributed by atoms with Gasteiger partial charge in [-0.2, -0.15) is 0 Å². The summed E-state index contributed by atoms with van der Waals surface area (Å²) in [5.74, 6) is 0.214. The molecule has 1 atom stereocenters. The van der Waals surface area contributed by atoms with Crippen LogP contribution >= 0.6 is 0 Å². The van der Waals surface area contributed by atoms with Crippen LogP contribution in [0.25, 0.3) is 0 Å². The molecule has 7 heteroatoms. The van der Waals surface area contributed by atoms with E-state index < -0.39 is 0 Å². The van der Waals surface area contributed by atoms with Gasteiger partial charge in [0.2, 0.25) is 5.91 Å². The highest BCUT2D eigenvalue weighted by Gasteiger charge is 2.40. The third-order valence-corrected chi connectivity index (χ3v) is 6.51. The number of pyridine rings is 1. The molecule has 178 valence electrons. The summed E-state index contributed by atoms with van der Waals surface area (Å²) in [6.45, 7) is 0.0537. The standard InChI is InChI=1S/C28H25FN2O4/c1-34-26-14-18(11-12-25(26)35-17-19-6-2-3-8-22(19)29)21-15-27(33)31(20-7-5-13-30-16-20)23-9-4-10-24(32)28(21)23/h2-3,5-8,11-14,16,21H,4,9-10,15,17H2,1H3. The summed E-state index contributed by atoms with van der Waals surface area (Å²) >= 11 is 0. The van der Waals surface area contributed by atoms with Gasteiger partial charge in [0.05, 0.1) is 19.0 Å². The monoisotopic (exact) mass is 472 g/mol. The summed E-state index contributed by atoms with van der Waals surface area (Å²) in [6, 6.07) is 15.5. The van der Waals surface area contributed by atoms with Crippen molar-refractivity contribution in [1.82, 2.24) is 4.98 Å². The number of hydrogen-bond donors (Lipinski definition) is 0. The fourth-order valence-electron chi connectivity index (χ4n) is 4.85. The molecule has 0 bridgehead atoms. The first kappa shape index (κ1) is 22.8. The first-order valence-corrected chi connectivity index (χ1v) is 11.6. The number of amides is 1. The molecule has 2 aliphatic rings. The average Bonchev–Trinajstić information content (AvgIpc) is 2.88. The average molecular weight is 473 g/mol. The van der Waals surface area contributed by atoms with Crippen LogP contribution in [0.4, 0.5) is 10.1 Å². The Morgan fingerprint density at radius 3 is 2.69 bits per heavy atom. The van der Waals surface area contributed by atoms with Crippen molar-refractivity contribution in [3.8, 4) is 11.5 Å². The molecule has 3 aromatic rings. The van der Waals surface area contributed by atoms with Crippen LogP contribution in [0, 0.1) is 5.82 Å². The first-order chi connectivity index (χ1) is 17.1. The number of methoxy groups -OCH3 is 1. The number of Topliss-reactive ketones (excluding diaryl/α,β-unsaturated/α-hetero) is 1. The van der Waals surface area contributed by atoms with Crippen LogP contribution in [-0.4, -0.2) is 23.8 Å². The molecule has 5 rings (SSSR count). The molecule has 1 unspecified atom stereocenters. The van der Waals surface area contributed by atoms with Crippen molar-refractivity contribution in [2.24, 2.45) is 0 Å². The number of benzene rings is 2. The highest BCUT2D eigenvalue weighted by atomic mass is 19.1. The lowest BCUT2D eigenvalue weighted by atomic mass is 9.77. The van der Waals surface area contributed by atoms with E-state index in [9.17, 15) is 14.0 Å². The Hall–Kier alpha value is -4.00. The molecule has 0 saturated heterocycles. The number of ketones is 1. The lowest BCUT2D eigenvalue weighted by molar-refractivity contribution is -0.119. The van der Waals surface area contributed by atoms with Gasteiger partial charge < -0.3 is 9.47 Å². The van der Waals surface area contributed by atoms with Gasteiger partial charge in [-0.05, 0) is 48.7 Å². The summed E-state index contributed by atoms with van der Waals surface area (Å²) in [6.07, 6.45) is 5.29. The predicted octanol–water partition coefficient (Wildman–Crippen LogP) is 5.34. The molecule has 6 nitrogen and oxygen atoms in total. The van der Waals surface area contributed by atoms with Crippen LogP contribution in [-0.2, 0) is 16.2 Å². The number of carbonyl (C=O) groups excluding carboxylic acids is 2. The molecule has 0 spiro atoms. The van der Waals surface area contributed by atoms with Crippen molar-refractivity contribution in [2.75, 3.05) is 12.0 Å². The number of halogens is 1. The van der Waals surface area contributed by atoms with E-state index in [2.05, 4.69) is 4.98 Å². The number of nitrogens with zero attached hydrogens (tertiary/aromatic N) is 2. The van der Waals surface area contributed by atoms with Gasteiger partial charge in [-0.3, -0.25) is 19.5 Å².